The van der Waals surface area contributed by atoms with Crippen molar-refractivity contribution in [2.45, 2.75) is 19.4 Å². The van der Waals surface area contributed by atoms with Crippen molar-refractivity contribution in [2.75, 3.05) is 5.01 Å². The molecule has 6 rings (SSSR count). The van der Waals surface area contributed by atoms with Gasteiger partial charge in [0.15, 0.2) is 5.17 Å². The molecular formula is C29H22N6O4S. The summed E-state index contributed by atoms with van der Waals surface area (Å²) in [6.07, 6.45) is 2.12. The van der Waals surface area contributed by atoms with E-state index in [1.165, 1.54) is 28.9 Å². The number of rotatable bonds is 5. The van der Waals surface area contributed by atoms with Gasteiger partial charge in [-0.3, -0.25) is 19.7 Å². The molecule has 3 aromatic carbocycles. The van der Waals surface area contributed by atoms with Gasteiger partial charge in [-0.1, -0.05) is 48.5 Å². The van der Waals surface area contributed by atoms with E-state index < -0.39 is 16.7 Å². The van der Waals surface area contributed by atoms with Gasteiger partial charge in [0.2, 0.25) is 0 Å². The van der Waals surface area contributed by atoms with Gasteiger partial charge in [-0.2, -0.15) is 20.2 Å². The van der Waals surface area contributed by atoms with Gasteiger partial charge in [0, 0.05) is 18.6 Å². The van der Waals surface area contributed by atoms with Gasteiger partial charge in [0.25, 0.3) is 17.5 Å². The second kappa shape index (κ2) is 10.3. The predicted octanol–water partition coefficient (Wildman–Crippen LogP) is 5.41. The monoisotopic (exact) mass is 550 g/mol. The Kier molecular flexibility index (Phi) is 6.56. The number of benzene rings is 3. The van der Waals surface area contributed by atoms with E-state index in [0.717, 1.165) is 5.56 Å². The molecule has 3 aliphatic rings. The maximum Gasteiger partial charge on any atom is 0.286 e. The Labute approximate surface area is 233 Å². The number of amidine groups is 1. The molecule has 0 radical (unpaired) electrons. The van der Waals surface area contributed by atoms with Crippen LogP contribution in [0.5, 0.6) is 0 Å². The fourth-order valence-electron chi connectivity index (χ4n) is 4.86. The van der Waals surface area contributed by atoms with Crippen LogP contribution < -0.4 is 5.01 Å². The number of hydrazone groups is 2. The average molecular weight is 551 g/mol. The van der Waals surface area contributed by atoms with Gasteiger partial charge >= 0.3 is 0 Å². The summed E-state index contributed by atoms with van der Waals surface area (Å²) in [6.45, 7) is 1.82. The molecule has 3 heterocycles. The van der Waals surface area contributed by atoms with Crippen LogP contribution in [0.25, 0.3) is 6.08 Å². The van der Waals surface area contributed by atoms with E-state index >= 15 is 0 Å². The number of nitro benzene ring substituents is 1. The molecule has 2 unspecified atom stereocenters. The van der Waals surface area contributed by atoms with Crippen LogP contribution in [-0.2, 0) is 9.59 Å². The van der Waals surface area contributed by atoms with Gasteiger partial charge in [-0.15, -0.1) is 0 Å². The van der Waals surface area contributed by atoms with Crippen LogP contribution in [0.2, 0.25) is 0 Å². The Morgan fingerprint density at radius 3 is 2.30 bits per heavy atom. The van der Waals surface area contributed by atoms with E-state index in [-0.39, 0.29) is 17.6 Å². The standard InChI is InChI=1S/C29H22N6O4S/c1-18-26(28(37)33(31-18)21-10-6-3-7-11-21)23-17-24(20-8-4-2-5-9-20)34(32-23)29-30-27(36)25(40-29)16-19-12-14-22(15-13-19)35(38)39/h2-16,24,26H,17H2,1H3/b25-16+. The fraction of sp³-hybridized carbons (Fsp3) is 0.138. The van der Waals surface area contributed by atoms with E-state index in [1.54, 1.807) is 23.2 Å². The third-order valence-electron chi connectivity index (χ3n) is 6.79. The normalized spacial score (nSPS) is 21.6. The number of aliphatic imine (C=N–C) groups is 1. The molecule has 11 heteroatoms. The second-order valence-electron chi connectivity index (χ2n) is 9.39. The molecule has 0 bridgehead atoms. The Morgan fingerprint density at radius 2 is 1.62 bits per heavy atom. The number of carbonyl (C=O) groups is 2. The lowest BCUT2D eigenvalue weighted by Gasteiger charge is -2.22. The van der Waals surface area contributed by atoms with Gasteiger partial charge < -0.3 is 0 Å². The topological polar surface area (TPSA) is 121 Å². The minimum atomic E-state index is -0.616. The van der Waals surface area contributed by atoms with Crippen LogP contribution >= 0.6 is 11.8 Å². The number of carbonyl (C=O) groups excluding carboxylic acids is 2. The van der Waals surface area contributed by atoms with Crippen molar-refractivity contribution < 1.29 is 14.5 Å². The van der Waals surface area contributed by atoms with Crippen molar-refractivity contribution in [3.63, 3.8) is 0 Å². The number of anilines is 1. The van der Waals surface area contributed by atoms with Crippen molar-refractivity contribution in [2.24, 2.45) is 21.1 Å². The van der Waals surface area contributed by atoms with E-state index in [9.17, 15) is 19.7 Å². The summed E-state index contributed by atoms with van der Waals surface area (Å²) < 4.78 is 0. The van der Waals surface area contributed by atoms with E-state index in [1.807, 2.05) is 67.6 Å². The van der Waals surface area contributed by atoms with Crippen LogP contribution in [0.4, 0.5) is 11.4 Å². The zero-order chi connectivity index (χ0) is 27.8. The Bertz CT molecular complexity index is 1630. The first kappa shape index (κ1) is 25.4. The largest absolute Gasteiger partial charge is 0.286 e. The summed E-state index contributed by atoms with van der Waals surface area (Å²) in [7, 11) is 0. The highest BCUT2D eigenvalue weighted by atomic mass is 32.2. The van der Waals surface area contributed by atoms with Crippen LogP contribution in [0.3, 0.4) is 0 Å². The van der Waals surface area contributed by atoms with Gasteiger partial charge in [-0.05, 0) is 60.2 Å². The van der Waals surface area contributed by atoms with Crippen LogP contribution in [-0.4, -0.2) is 38.3 Å². The van der Waals surface area contributed by atoms with Gasteiger partial charge in [0.1, 0.15) is 5.92 Å². The predicted molar refractivity (Wildman–Crippen MR) is 155 cm³/mol. The van der Waals surface area contributed by atoms with E-state index in [4.69, 9.17) is 5.10 Å². The second-order valence-corrected chi connectivity index (χ2v) is 10.4. The van der Waals surface area contributed by atoms with Gasteiger partial charge in [0.05, 0.1) is 33.0 Å². The summed E-state index contributed by atoms with van der Waals surface area (Å²) in [5.41, 5.74) is 3.59. The lowest BCUT2D eigenvalue weighted by molar-refractivity contribution is -0.384. The van der Waals surface area contributed by atoms with Crippen molar-refractivity contribution in [3.05, 3.63) is 111 Å². The molecule has 3 aromatic rings. The number of nitro groups is 1. The molecule has 0 fully saturated rings. The SMILES string of the molecule is CC1=NN(c2ccccc2)C(=O)C1C1=NN(C2=NC(=O)/C(=C\c3ccc([N+](=O)[O-])cc3)S2)C(c2ccccc2)C1. The molecule has 0 N–H and O–H groups in total. The van der Waals surface area contributed by atoms with Crippen LogP contribution in [0, 0.1) is 16.0 Å². The fourth-order valence-corrected chi connectivity index (χ4v) is 5.78. The highest BCUT2D eigenvalue weighted by Gasteiger charge is 2.44. The maximum atomic E-state index is 13.5. The molecule has 3 aliphatic heterocycles. The third kappa shape index (κ3) is 4.71. The number of hydrogen-bond acceptors (Lipinski definition) is 8. The van der Waals surface area contributed by atoms with Crippen LogP contribution in [0.1, 0.15) is 30.5 Å². The number of non-ortho nitro benzene ring substituents is 1. The molecule has 0 spiro atoms. The van der Waals surface area contributed by atoms with Crippen molar-refractivity contribution >= 4 is 57.6 Å². The van der Waals surface area contributed by atoms with E-state index in [0.29, 0.717) is 39.2 Å². The summed E-state index contributed by atoms with van der Waals surface area (Å²) in [5, 5.41) is 23.9. The molecule has 40 heavy (non-hydrogen) atoms. The van der Waals surface area contributed by atoms with Crippen LogP contribution in [0.15, 0.2) is 105 Å². The molecule has 0 saturated heterocycles. The summed E-state index contributed by atoms with van der Waals surface area (Å²) in [6, 6.07) is 24.7. The lowest BCUT2D eigenvalue weighted by atomic mass is 9.92. The molecule has 10 nitrogen and oxygen atoms in total. The molecule has 0 saturated carbocycles. The molecule has 0 aromatic heterocycles. The summed E-state index contributed by atoms with van der Waals surface area (Å²) in [5.74, 6) is -1.21. The number of hydrogen-bond donors (Lipinski definition) is 0. The highest BCUT2D eigenvalue weighted by Crippen LogP contribution is 2.41. The summed E-state index contributed by atoms with van der Waals surface area (Å²) in [4.78, 5) is 41.5. The lowest BCUT2D eigenvalue weighted by Crippen LogP contribution is -2.32. The molecule has 0 aliphatic carbocycles. The highest BCUT2D eigenvalue weighted by molar-refractivity contribution is 8.18. The Hall–Kier alpha value is -4.90. The zero-order valence-corrected chi connectivity index (χ0v) is 22.1. The number of amides is 2. The molecule has 198 valence electrons. The average Bonchev–Trinajstić information content (AvgIpc) is 3.64. The first-order valence-corrected chi connectivity index (χ1v) is 13.3. The Balaban J connectivity index is 1.30. The molecule has 2 atom stereocenters. The number of nitrogens with zero attached hydrogens (tertiary/aromatic N) is 6. The number of thioether (sulfide) groups is 1. The first-order valence-electron chi connectivity index (χ1n) is 12.5. The minimum Gasteiger partial charge on any atom is -0.271 e. The zero-order valence-electron chi connectivity index (χ0n) is 21.2. The maximum absolute atomic E-state index is 13.5. The third-order valence-corrected chi connectivity index (χ3v) is 7.76. The van der Waals surface area contributed by atoms with E-state index in [2.05, 4.69) is 10.1 Å². The van der Waals surface area contributed by atoms with Crippen molar-refractivity contribution in [1.82, 2.24) is 5.01 Å². The number of para-hydroxylation sites is 1. The first-order chi connectivity index (χ1) is 19.4. The molecule has 2 amide bonds. The van der Waals surface area contributed by atoms with Gasteiger partial charge in [-0.25, -0.2) is 5.01 Å². The van der Waals surface area contributed by atoms with Crippen molar-refractivity contribution in [1.29, 1.82) is 0 Å². The minimum absolute atomic E-state index is 0.0275. The smallest absolute Gasteiger partial charge is 0.271 e. The Morgan fingerprint density at radius 1 is 0.950 bits per heavy atom. The molecular weight excluding hydrogens is 528 g/mol. The quantitative estimate of drug-likeness (QED) is 0.238. The van der Waals surface area contributed by atoms with Crippen molar-refractivity contribution in [3.8, 4) is 0 Å². The summed E-state index contributed by atoms with van der Waals surface area (Å²) >= 11 is 1.18.